The number of methoxy groups -OCH3 is 1. The largest absolute Gasteiger partial charge is 0.494 e. The quantitative estimate of drug-likeness (QED) is 0.348. The highest BCUT2D eigenvalue weighted by molar-refractivity contribution is 5.98. The number of nitrogens with zero attached hydrogens (tertiary/aromatic N) is 5. The number of likely N-dealkylation sites (tertiary alicyclic amines) is 1. The van der Waals surface area contributed by atoms with Gasteiger partial charge in [-0.3, -0.25) is 4.79 Å². The number of fused-ring (bicyclic) bond motifs is 1. The van der Waals surface area contributed by atoms with Crippen LogP contribution in [0.4, 0.5) is 19.1 Å². The number of amides is 1. The molecule has 0 saturated carbocycles. The Labute approximate surface area is 221 Å². The summed E-state index contributed by atoms with van der Waals surface area (Å²) < 4.78 is 51.2. The van der Waals surface area contributed by atoms with E-state index in [1.54, 1.807) is 36.4 Å². The number of nitrogens with two attached hydrogens (primary N) is 1. The SMILES string of the molecule is COc1ccc(-c2nc(C(=O)N3CCC[C@@H]3CNc3ncccn3)c([C@H](C)N)o2)c2ccc(C(F)(F)F)nc12. The number of oxazole rings is 1. The Balaban J connectivity index is 1.50. The molecule has 1 aliphatic heterocycles. The van der Waals surface area contributed by atoms with Crippen molar-refractivity contribution in [3.05, 3.63) is 59.9 Å². The van der Waals surface area contributed by atoms with Gasteiger partial charge in [-0.25, -0.2) is 19.9 Å². The third kappa shape index (κ3) is 5.21. The molecule has 0 bridgehead atoms. The molecule has 4 heterocycles. The van der Waals surface area contributed by atoms with Crippen molar-refractivity contribution in [3.63, 3.8) is 0 Å². The van der Waals surface area contributed by atoms with Gasteiger partial charge in [-0.05, 0) is 50.1 Å². The van der Waals surface area contributed by atoms with Gasteiger partial charge in [0.1, 0.15) is 17.0 Å². The highest BCUT2D eigenvalue weighted by Gasteiger charge is 2.35. The Bertz CT molecular complexity index is 1490. The Hall–Kier alpha value is -4.26. The third-order valence-electron chi connectivity index (χ3n) is 6.53. The summed E-state index contributed by atoms with van der Waals surface area (Å²) in [5.74, 6) is 0.511. The Morgan fingerprint density at radius 1 is 1.23 bits per heavy atom. The van der Waals surface area contributed by atoms with Gasteiger partial charge in [0.2, 0.25) is 11.8 Å². The summed E-state index contributed by atoms with van der Waals surface area (Å²) in [4.78, 5) is 32.0. The fourth-order valence-electron chi connectivity index (χ4n) is 4.66. The number of rotatable bonds is 7. The normalized spacial score (nSPS) is 16.5. The van der Waals surface area contributed by atoms with Crippen molar-refractivity contribution in [1.29, 1.82) is 0 Å². The zero-order valence-electron chi connectivity index (χ0n) is 21.2. The standard InChI is InChI=1S/C26H26F3N7O3/c1-14(30)22-21(24(37)36-12-3-5-15(36)13-33-25-31-10-4-11-32-25)35-23(39-22)17-6-8-18(38-2)20-16(17)7-9-19(34-20)26(27,28)29/h4,6-11,14-15H,3,5,12-13,30H2,1-2H3,(H,31,32,33)/t14-,15+/m0/s1. The Morgan fingerprint density at radius 2 is 2.00 bits per heavy atom. The molecule has 13 heteroatoms. The lowest BCUT2D eigenvalue weighted by Gasteiger charge is -2.24. The maximum atomic E-state index is 13.7. The summed E-state index contributed by atoms with van der Waals surface area (Å²) in [7, 11) is 1.34. The lowest BCUT2D eigenvalue weighted by molar-refractivity contribution is -0.140. The third-order valence-corrected chi connectivity index (χ3v) is 6.53. The zero-order valence-corrected chi connectivity index (χ0v) is 21.2. The van der Waals surface area contributed by atoms with Crippen molar-refractivity contribution in [2.75, 3.05) is 25.5 Å². The number of hydrogen-bond donors (Lipinski definition) is 2. The minimum Gasteiger partial charge on any atom is -0.494 e. The molecule has 3 N–H and O–H groups in total. The second kappa shape index (κ2) is 10.5. The average Bonchev–Trinajstić information content (AvgIpc) is 3.58. The molecule has 4 aromatic rings. The highest BCUT2D eigenvalue weighted by Crippen LogP contribution is 2.37. The van der Waals surface area contributed by atoms with Gasteiger partial charge in [0, 0.05) is 42.5 Å². The number of carbonyl (C=O) groups is 1. The number of alkyl halides is 3. The van der Waals surface area contributed by atoms with Crippen molar-refractivity contribution >= 4 is 22.8 Å². The molecule has 5 rings (SSSR count). The van der Waals surface area contributed by atoms with Crippen LogP contribution < -0.4 is 15.8 Å². The number of nitrogens with one attached hydrogen (secondary N) is 1. The van der Waals surface area contributed by atoms with E-state index in [9.17, 15) is 18.0 Å². The maximum absolute atomic E-state index is 13.7. The van der Waals surface area contributed by atoms with Gasteiger partial charge < -0.3 is 25.1 Å². The summed E-state index contributed by atoms with van der Waals surface area (Å²) in [6.07, 6.45) is 0.207. The molecule has 10 nitrogen and oxygen atoms in total. The van der Waals surface area contributed by atoms with E-state index in [1.807, 2.05) is 0 Å². The van der Waals surface area contributed by atoms with Crippen LogP contribution in [0.5, 0.6) is 5.75 Å². The maximum Gasteiger partial charge on any atom is 0.433 e. The number of pyridine rings is 1. The van der Waals surface area contributed by atoms with E-state index < -0.39 is 17.9 Å². The first-order chi connectivity index (χ1) is 18.7. The topological polar surface area (TPSA) is 132 Å². The van der Waals surface area contributed by atoms with Crippen LogP contribution in [0.25, 0.3) is 22.4 Å². The predicted octanol–water partition coefficient (Wildman–Crippen LogP) is 4.44. The van der Waals surface area contributed by atoms with Crippen LogP contribution in [-0.2, 0) is 6.18 Å². The van der Waals surface area contributed by atoms with Crippen LogP contribution in [0.15, 0.2) is 47.1 Å². The first-order valence-corrected chi connectivity index (χ1v) is 12.3. The molecule has 2 atom stereocenters. The van der Waals surface area contributed by atoms with Crippen molar-refractivity contribution in [2.45, 2.75) is 38.0 Å². The number of hydrogen-bond acceptors (Lipinski definition) is 9. The molecule has 3 aromatic heterocycles. The van der Waals surface area contributed by atoms with Crippen LogP contribution in [-0.4, -0.2) is 57.0 Å². The van der Waals surface area contributed by atoms with E-state index in [4.69, 9.17) is 14.9 Å². The van der Waals surface area contributed by atoms with E-state index in [2.05, 4.69) is 25.3 Å². The smallest absolute Gasteiger partial charge is 0.433 e. The number of anilines is 1. The van der Waals surface area contributed by atoms with Crippen LogP contribution in [0.2, 0.25) is 0 Å². The molecule has 204 valence electrons. The first-order valence-electron chi connectivity index (χ1n) is 12.3. The van der Waals surface area contributed by atoms with Gasteiger partial charge in [-0.2, -0.15) is 13.2 Å². The minimum atomic E-state index is -4.63. The second-order valence-corrected chi connectivity index (χ2v) is 9.17. The molecule has 0 aliphatic carbocycles. The fourth-order valence-corrected chi connectivity index (χ4v) is 4.66. The predicted molar refractivity (Wildman–Crippen MR) is 136 cm³/mol. The first kappa shape index (κ1) is 26.4. The highest BCUT2D eigenvalue weighted by atomic mass is 19.4. The molecule has 1 fully saturated rings. The lowest BCUT2D eigenvalue weighted by atomic mass is 10.1. The summed E-state index contributed by atoms with van der Waals surface area (Å²) in [5.41, 5.74) is 5.50. The lowest BCUT2D eigenvalue weighted by Crippen LogP contribution is -2.40. The number of benzene rings is 1. The molecule has 1 saturated heterocycles. The van der Waals surface area contributed by atoms with Crippen molar-refractivity contribution in [1.82, 2.24) is 24.8 Å². The zero-order chi connectivity index (χ0) is 27.7. The summed E-state index contributed by atoms with van der Waals surface area (Å²) in [6, 6.07) is 6.17. The summed E-state index contributed by atoms with van der Waals surface area (Å²) in [5, 5.41) is 3.48. The Kier molecular flexibility index (Phi) is 7.08. The van der Waals surface area contributed by atoms with E-state index in [0.717, 1.165) is 18.9 Å². The van der Waals surface area contributed by atoms with Gasteiger partial charge >= 0.3 is 6.18 Å². The van der Waals surface area contributed by atoms with E-state index in [1.165, 1.54) is 19.2 Å². The van der Waals surface area contributed by atoms with E-state index in [-0.39, 0.29) is 40.6 Å². The van der Waals surface area contributed by atoms with Gasteiger partial charge in [0.25, 0.3) is 5.91 Å². The van der Waals surface area contributed by atoms with Crippen LogP contribution in [0, 0.1) is 0 Å². The number of ether oxygens (including phenoxy) is 1. The van der Waals surface area contributed by atoms with Crippen molar-refractivity contribution < 1.29 is 27.1 Å². The van der Waals surface area contributed by atoms with Crippen LogP contribution in [0.3, 0.4) is 0 Å². The van der Waals surface area contributed by atoms with Crippen LogP contribution in [0.1, 0.15) is 47.7 Å². The molecule has 1 aliphatic rings. The molecular weight excluding hydrogens is 515 g/mol. The average molecular weight is 542 g/mol. The number of aromatic nitrogens is 4. The van der Waals surface area contributed by atoms with E-state index >= 15 is 0 Å². The molecule has 1 amide bonds. The fraction of sp³-hybridized carbons (Fsp3) is 0.346. The monoisotopic (exact) mass is 541 g/mol. The minimum absolute atomic E-state index is 0.00735. The van der Waals surface area contributed by atoms with Gasteiger partial charge in [-0.1, -0.05) is 0 Å². The Morgan fingerprint density at radius 3 is 2.69 bits per heavy atom. The second-order valence-electron chi connectivity index (χ2n) is 9.17. The molecule has 39 heavy (non-hydrogen) atoms. The van der Waals surface area contributed by atoms with Crippen LogP contribution >= 0.6 is 0 Å². The molecule has 1 aromatic carbocycles. The van der Waals surface area contributed by atoms with Crippen molar-refractivity contribution in [2.24, 2.45) is 5.73 Å². The van der Waals surface area contributed by atoms with Gasteiger partial charge in [-0.15, -0.1) is 0 Å². The van der Waals surface area contributed by atoms with E-state index in [0.29, 0.717) is 30.0 Å². The van der Waals surface area contributed by atoms with Gasteiger partial charge in [0.05, 0.1) is 13.2 Å². The number of halogens is 3. The molecule has 0 unspecified atom stereocenters. The summed E-state index contributed by atoms with van der Waals surface area (Å²) in [6.45, 7) is 2.64. The van der Waals surface area contributed by atoms with Gasteiger partial charge in [0.15, 0.2) is 11.5 Å². The number of carbonyl (C=O) groups excluding carboxylic acids is 1. The molecular formula is C26H26F3N7O3. The summed E-state index contributed by atoms with van der Waals surface area (Å²) >= 11 is 0. The van der Waals surface area contributed by atoms with Crippen molar-refractivity contribution in [3.8, 4) is 17.2 Å². The molecule has 0 radical (unpaired) electrons. The molecule has 0 spiro atoms.